The molecule has 2 aliphatic heterocycles. The van der Waals surface area contributed by atoms with Crippen LogP contribution >= 0.6 is 0 Å². The highest BCUT2D eigenvalue weighted by Crippen LogP contribution is 2.38. The summed E-state index contributed by atoms with van der Waals surface area (Å²) in [6.45, 7) is 0.297. The van der Waals surface area contributed by atoms with Gasteiger partial charge in [-0.15, -0.1) is 0 Å². The van der Waals surface area contributed by atoms with E-state index in [2.05, 4.69) is 0 Å². The van der Waals surface area contributed by atoms with Gasteiger partial charge in [0.15, 0.2) is 0 Å². The third-order valence-corrected chi connectivity index (χ3v) is 3.92. The molecular formula is C14H17NO3. The van der Waals surface area contributed by atoms with Crippen LogP contribution in [0.15, 0.2) is 30.3 Å². The number of ether oxygens (including phenoxy) is 1. The summed E-state index contributed by atoms with van der Waals surface area (Å²) < 4.78 is 5.32. The first-order chi connectivity index (χ1) is 8.75. The minimum absolute atomic E-state index is 0.0294. The second-order valence-electron chi connectivity index (χ2n) is 5.05. The van der Waals surface area contributed by atoms with Crippen LogP contribution in [0.25, 0.3) is 0 Å². The molecule has 96 valence electrons. The largest absolute Gasteiger partial charge is 0.445 e. The SMILES string of the molecule is O=C(OCc1ccccc1)N1C2CCC1C(O)C2. The van der Waals surface area contributed by atoms with Crippen molar-refractivity contribution in [3.63, 3.8) is 0 Å². The minimum Gasteiger partial charge on any atom is -0.445 e. The molecule has 2 fully saturated rings. The third-order valence-electron chi connectivity index (χ3n) is 3.92. The zero-order valence-electron chi connectivity index (χ0n) is 10.2. The van der Waals surface area contributed by atoms with E-state index in [1.807, 2.05) is 30.3 Å². The number of rotatable bonds is 2. The van der Waals surface area contributed by atoms with Gasteiger partial charge in [0.05, 0.1) is 12.1 Å². The van der Waals surface area contributed by atoms with Crippen molar-refractivity contribution in [1.82, 2.24) is 4.90 Å². The molecule has 1 N–H and O–H groups in total. The summed E-state index contributed by atoms with van der Waals surface area (Å²) in [5, 5.41) is 9.77. The Morgan fingerprint density at radius 1 is 1.33 bits per heavy atom. The molecule has 0 saturated carbocycles. The molecule has 18 heavy (non-hydrogen) atoms. The van der Waals surface area contributed by atoms with E-state index in [0.29, 0.717) is 13.0 Å². The van der Waals surface area contributed by atoms with Crippen molar-refractivity contribution >= 4 is 6.09 Å². The summed E-state index contributed by atoms with van der Waals surface area (Å²) in [7, 11) is 0. The Labute approximate surface area is 106 Å². The minimum atomic E-state index is -0.368. The lowest BCUT2D eigenvalue weighted by atomic mass is 9.98. The van der Waals surface area contributed by atoms with Crippen LogP contribution in [0, 0.1) is 0 Å². The first kappa shape index (κ1) is 11.5. The molecule has 4 nitrogen and oxygen atoms in total. The summed E-state index contributed by atoms with van der Waals surface area (Å²) in [6, 6.07) is 9.79. The van der Waals surface area contributed by atoms with E-state index >= 15 is 0 Å². The van der Waals surface area contributed by atoms with E-state index < -0.39 is 0 Å². The first-order valence-electron chi connectivity index (χ1n) is 6.43. The van der Waals surface area contributed by atoms with Crippen LogP contribution in [-0.4, -0.2) is 34.3 Å². The predicted octanol–water partition coefficient (Wildman–Crippen LogP) is 1.92. The lowest BCUT2D eigenvalue weighted by Crippen LogP contribution is -2.37. The number of hydrogen-bond acceptors (Lipinski definition) is 3. The molecule has 0 aliphatic carbocycles. The molecule has 3 rings (SSSR count). The number of carbonyl (C=O) groups is 1. The van der Waals surface area contributed by atoms with Gasteiger partial charge in [0.25, 0.3) is 0 Å². The number of aliphatic hydroxyl groups excluding tert-OH is 1. The van der Waals surface area contributed by atoms with Crippen molar-refractivity contribution < 1.29 is 14.6 Å². The molecule has 2 bridgehead atoms. The highest BCUT2D eigenvalue weighted by molar-refractivity contribution is 5.69. The second-order valence-corrected chi connectivity index (χ2v) is 5.05. The van der Waals surface area contributed by atoms with E-state index in [9.17, 15) is 9.90 Å². The van der Waals surface area contributed by atoms with Crippen LogP contribution < -0.4 is 0 Å². The van der Waals surface area contributed by atoms with Crippen LogP contribution in [0.3, 0.4) is 0 Å². The summed E-state index contributed by atoms with van der Waals surface area (Å²) in [5.74, 6) is 0. The molecule has 1 aromatic rings. The van der Waals surface area contributed by atoms with Crippen molar-refractivity contribution in [2.75, 3.05) is 0 Å². The summed E-state index contributed by atoms with van der Waals surface area (Å²) >= 11 is 0. The maximum absolute atomic E-state index is 12.0. The smallest absolute Gasteiger partial charge is 0.410 e. The third kappa shape index (κ3) is 1.97. The van der Waals surface area contributed by atoms with Crippen molar-refractivity contribution in [2.24, 2.45) is 0 Å². The maximum atomic E-state index is 12.0. The van der Waals surface area contributed by atoms with Crippen LogP contribution in [0.5, 0.6) is 0 Å². The summed E-state index contributed by atoms with van der Waals surface area (Å²) in [6.07, 6.45) is 1.93. The molecule has 3 atom stereocenters. The van der Waals surface area contributed by atoms with Crippen molar-refractivity contribution in [3.8, 4) is 0 Å². The average molecular weight is 247 g/mol. The number of benzene rings is 1. The van der Waals surface area contributed by atoms with Crippen LogP contribution in [-0.2, 0) is 11.3 Å². The quantitative estimate of drug-likeness (QED) is 0.868. The molecule has 0 aromatic heterocycles. The fourth-order valence-corrected chi connectivity index (χ4v) is 3.04. The zero-order valence-corrected chi connectivity index (χ0v) is 10.2. The van der Waals surface area contributed by atoms with E-state index in [1.54, 1.807) is 4.90 Å². The van der Waals surface area contributed by atoms with E-state index in [4.69, 9.17) is 4.74 Å². The van der Waals surface area contributed by atoms with Gasteiger partial charge in [-0.2, -0.15) is 0 Å². The Hall–Kier alpha value is -1.55. The first-order valence-corrected chi connectivity index (χ1v) is 6.43. The highest BCUT2D eigenvalue weighted by Gasteiger charge is 2.48. The Bertz CT molecular complexity index is 434. The number of hydrogen-bond donors (Lipinski definition) is 1. The molecule has 3 unspecified atom stereocenters. The van der Waals surface area contributed by atoms with Gasteiger partial charge in [0.2, 0.25) is 0 Å². The lowest BCUT2D eigenvalue weighted by molar-refractivity contribution is 0.0765. The Morgan fingerprint density at radius 2 is 2.11 bits per heavy atom. The predicted molar refractivity (Wildman–Crippen MR) is 65.9 cm³/mol. The summed E-state index contributed by atoms with van der Waals surface area (Å²) in [5.41, 5.74) is 0.984. The van der Waals surface area contributed by atoms with Gasteiger partial charge in [-0.25, -0.2) is 4.79 Å². The standard InChI is InChI=1S/C14H17NO3/c16-13-8-11-6-7-12(13)15(11)14(17)18-9-10-4-2-1-3-5-10/h1-5,11-13,16H,6-9H2. The number of amides is 1. The second kappa shape index (κ2) is 4.61. The van der Waals surface area contributed by atoms with Gasteiger partial charge in [-0.1, -0.05) is 30.3 Å². The molecule has 4 heteroatoms. The number of carbonyl (C=O) groups excluding carboxylic acids is 1. The fraction of sp³-hybridized carbons (Fsp3) is 0.500. The highest BCUT2D eigenvalue weighted by atomic mass is 16.6. The average Bonchev–Trinajstić information content (AvgIpc) is 2.94. The maximum Gasteiger partial charge on any atom is 0.410 e. The topological polar surface area (TPSA) is 49.8 Å². The van der Waals surface area contributed by atoms with Gasteiger partial charge in [0, 0.05) is 6.04 Å². The van der Waals surface area contributed by atoms with E-state index in [-0.39, 0.29) is 24.3 Å². The van der Waals surface area contributed by atoms with Crippen molar-refractivity contribution in [1.29, 1.82) is 0 Å². The number of aliphatic hydroxyl groups is 1. The molecule has 2 aliphatic rings. The summed E-state index contributed by atoms with van der Waals surface area (Å²) in [4.78, 5) is 13.7. The molecule has 1 amide bonds. The van der Waals surface area contributed by atoms with Gasteiger partial charge >= 0.3 is 6.09 Å². The number of fused-ring (bicyclic) bond motifs is 2. The zero-order chi connectivity index (χ0) is 12.5. The Balaban J connectivity index is 1.60. The molecule has 2 saturated heterocycles. The van der Waals surface area contributed by atoms with Gasteiger partial charge in [0.1, 0.15) is 6.61 Å². The molecule has 0 radical (unpaired) electrons. The monoisotopic (exact) mass is 247 g/mol. The van der Waals surface area contributed by atoms with E-state index in [0.717, 1.165) is 18.4 Å². The Morgan fingerprint density at radius 3 is 2.72 bits per heavy atom. The van der Waals surface area contributed by atoms with Crippen molar-refractivity contribution in [3.05, 3.63) is 35.9 Å². The van der Waals surface area contributed by atoms with Gasteiger partial charge < -0.3 is 9.84 Å². The van der Waals surface area contributed by atoms with Crippen LogP contribution in [0.1, 0.15) is 24.8 Å². The normalized spacial score (nSPS) is 29.6. The van der Waals surface area contributed by atoms with Crippen LogP contribution in [0.2, 0.25) is 0 Å². The molecule has 1 aromatic carbocycles. The van der Waals surface area contributed by atoms with Gasteiger partial charge in [-0.05, 0) is 24.8 Å². The van der Waals surface area contributed by atoms with Crippen LogP contribution in [0.4, 0.5) is 4.79 Å². The van der Waals surface area contributed by atoms with Gasteiger partial charge in [-0.3, -0.25) is 4.90 Å². The van der Waals surface area contributed by atoms with E-state index in [1.165, 1.54) is 0 Å². The van der Waals surface area contributed by atoms with Crippen molar-refractivity contribution in [2.45, 2.75) is 44.1 Å². The molecule has 2 heterocycles. The molecule has 0 spiro atoms. The molecular weight excluding hydrogens is 230 g/mol. The number of nitrogens with zero attached hydrogens (tertiary/aromatic N) is 1. The Kier molecular flexibility index (Phi) is 2.96. The lowest BCUT2D eigenvalue weighted by Gasteiger charge is -2.21. The fourth-order valence-electron chi connectivity index (χ4n) is 3.04.